The quantitative estimate of drug-likeness (QED) is 0.887. The topological polar surface area (TPSA) is 66.4 Å². The van der Waals surface area contributed by atoms with Crippen molar-refractivity contribution >= 4 is 10.0 Å². The normalized spacial score (nSPS) is 14.5. The molecule has 0 fully saturated rings. The fourth-order valence-electron chi connectivity index (χ4n) is 2.08. The number of hydrogen-bond donors (Lipinski definition) is 2. The second kappa shape index (κ2) is 6.16. The number of aryl methyl sites for hydroxylation is 1. The van der Waals surface area contributed by atoms with E-state index < -0.39 is 21.4 Å². The van der Waals surface area contributed by atoms with E-state index in [0.717, 1.165) is 6.07 Å². The Hall–Kier alpha value is -1.76. The highest BCUT2D eigenvalue weighted by Gasteiger charge is 2.26. The molecule has 2 aromatic carbocycles. The summed E-state index contributed by atoms with van der Waals surface area (Å²) in [6.45, 7) is 2.89. The molecule has 2 rings (SSSR count). The first-order chi connectivity index (χ1) is 10.2. The van der Waals surface area contributed by atoms with Gasteiger partial charge in [0.1, 0.15) is 11.4 Å². The van der Waals surface area contributed by atoms with Gasteiger partial charge < -0.3 is 5.11 Å². The molecule has 0 saturated heterocycles. The van der Waals surface area contributed by atoms with Crippen molar-refractivity contribution in [2.75, 3.05) is 6.54 Å². The molecular formula is C16H18FNO3S. The highest BCUT2D eigenvalue weighted by Crippen LogP contribution is 2.21. The predicted octanol–water partition coefficient (Wildman–Crippen LogP) is 2.32. The molecule has 0 aliphatic carbocycles. The van der Waals surface area contributed by atoms with Crippen molar-refractivity contribution in [2.24, 2.45) is 0 Å². The Labute approximate surface area is 129 Å². The van der Waals surface area contributed by atoms with Crippen molar-refractivity contribution in [3.63, 3.8) is 0 Å². The molecule has 0 aliphatic rings. The monoisotopic (exact) mass is 323 g/mol. The van der Waals surface area contributed by atoms with Gasteiger partial charge in [-0.25, -0.2) is 17.5 Å². The van der Waals surface area contributed by atoms with Crippen LogP contribution >= 0.6 is 0 Å². The van der Waals surface area contributed by atoms with E-state index in [9.17, 15) is 17.9 Å². The molecule has 2 N–H and O–H groups in total. The van der Waals surface area contributed by atoms with E-state index >= 15 is 0 Å². The molecule has 0 radical (unpaired) electrons. The third-order valence-corrected chi connectivity index (χ3v) is 4.99. The smallest absolute Gasteiger partial charge is 0.241 e. The van der Waals surface area contributed by atoms with Gasteiger partial charge in [0.25, 0.3) is 0 Å². The van der Waals surface area contributed by atoms with E-state index in [-0.39, 0.29) is 11.4 Å². The summed E-state index contributed by atoms with van der Waals surface area (Å²) in [6, 6.07) is 12.3. The Balaban J connectivity index is 2.21. The molecule has 0 spiro atoms. The minimum Gasteiger partial charge on any atom is -0.384 e. The van der Waals surface area contributed by atoms with E-state index in [2.05, 4.69) is 4.72 Å². The van der Waals surface area contributed by atoms with Crippen LogP contribution in [0.5, 0.6) is 0 Å². The lowest BCUT2D eigenvalue weighted by Gasteiger charge is -2.24. The van der Waals surface area contributed by atoms with Crippen molar-refractivity contribution in [1.29, 1.82) is 0 Å². The van der Waals surface area contributed by atoms with Crippen LogP contribution in [0.4, 0.5) is 4.39 Å². The number of aliphatic hydroxyl groups is 1. The second-order valence-corrected chi connectivity index (χ2v) is 7.11. The minimum absolute atomic E-state index is 0.128. The summed E-state index contributed by atoms with van der Waals surface area (Å²) in [7, 11) is -3.90. The lowest BCUT2D eigenvalue weighted by molar-refractivity contribution is 0.0627. The molecule has 1 atom stereocenters. The van der Waals surface area contributed by atoms with Crippen molar-refractivity contribution in [3.8, 4) is 0 Å². The largest absolute Gasteiger partial charge is 0.384 e. The molecule has 0 aromatic heterocycles. The van der Waals surface area contributed by atoms with Gasteiger partial charge in [-0.1, -0.05) is 36.4 Å². The zero-order valence-corrected chi connectivity index (χ0v) is 13.2. The maximum Gasteiger partial charge on any atom is 0.241 e. The van der Waals surface area contributed by atoms with Crippen LogP contribution in [0.25, 0.3) is 0 Å². The van der Waals surface area contributed by atoms with Crippen molar-refractivity contribution in [3.05, 3.63) is 65.5 Å². The van der Waals surface area contributed by atoms with Crippen molar-refractivity contribution < 1.29 is 17.9 Å². The zero-order valence-electron chi connectivity index (χ0n) is 12.4. The minimum atomic E-state index is -3.90. The first-order valence-electron chi connectivity index (χ1n) is 6.76. The Morgan fingerprint density at radius 2 is 1.82 bits per heavy atom. The Morgan fingerprint density at radius 1 is 1.18 bits per heavy atom. The average Bonchev–Trinajstić information content (AvgIpc) is 2.49. The van der Waals surface area contributed by atoms with Gasteiger partial charge in [-0.15, -0.1) is 0 Å². The van der Waals surface area contributed by atoms with Crippen LogP contribution in [-0.4, -0.2) is 20.1 Å². The highest BCUT2D eigenvalue weighted by atomic mass is 32.2. The predicted molar refractivity (Wildman–Crippen MR) is 82.3 cm³/mol. The van der Waals surface area contributed by atoms with Gasteiger partial charge in [0.2, 0.25) is 10.0 Å². The van der Waals surface area contributed by atoms with E-state index in [1.165, 1.54) is 19.1 Å². The molecule has 4 nitrogen and oxygen atoms in total. The maximum absolute atomic E-state index is 13.3. The summed E-state index contributed by atoms with van der Waals surface area (Å²) >= 11 is 0. The number of sulfonamides is 1. The number of nitrogens with one attached hydrogen (secondary N) is 1. The SMILES string of the molecule is Cc1ccc(F)cc1S(=O)(=O)NCC(C)(O)c1ccccc1. The lowest BCUT2D eigenvalue weighted by atomic mass is 9.97. The van der Waals surface area contributed by atoms with Gasteiger partial charge in [-0.2, -0.15) is 0 Å². The average molecular weight is 323 g/mol. The number of rotatable bonds is 5. The zero-order chi connectivity index (χ0) is 16.4. The summed E-state index contributed by atoms with van der Waals surface area (Å²) in [4.78, 5) is -0.128. The van der Waals surface area contributed by atoms with Crippen LogP contribution in [-0.2, 0) is 15.6 Å². The molecular weight excluding hydrogens is 305 g/mol. The Kier molecular flexibility index (Phi) is 4.65. The van der Waals surface area contributed by atoms with Gasteiger partial charge in [-0.05, 0) is 37.1 Å². The van der Waals surface area contributed by atoms with Crippen molar-refractivity contribution in [1.82, 2.24) is 4.72 Å². The third-order valence-electron chi connectivity index (χ3n) is 3.44. The summed E-state index contributed by atoms with van der Waals surface area (Å²) in [5, 5.41) is 10.4. The van der Waals surface area contributed by atoms with Crippen molar-refractivity contribution in [2.45, 2.75) is 24.3 Å². The molecule has 2 aromatic rings. The fourth-order valence-corrected chi connectivity index (χ4v) is 3.46. The summed E-state index contributed by atoms with van der Waals surface area (Å²) < 4.78 is 40.2. The van der Waals surface area contributed by atoms with E-state index in [1.54, 1.807) is 37.3 Å². The molecule has 0 saturated carbocycles. The number of benzene rings is 2. The van der Waals surface area contributed by atoms with Crippen LogP contribution in [0, 0.1) is 12.7 Å². The first-order valence-corrected chi connectivity index (χ1v) is 8.24. The van der Waals surface area contributed by atoms with Gasteiger partial charge >= 0.3 is 0 Å². The van der Waals surface area contributed by atoms with Gasteiger partial charge in [0.15, 0.2) is 0 Å². The number of halogens is 1. The molecule has 1 unspecified atom stereocenters. The first kappa shape index (κ1) is 16.6. The van der Waals surface area contributed by atoms with Crippen LogP contribution in [0.15, 0.2) is 53.4 Å². The third kappa shape index (κ3) is 3.71. The molecule has 0 bridgehead atoms. The Morgan fingerprint density at radius 3 is 2.45 bits per heavy atom. The van der Waals surface area contributed by atoms with Gasteiger partial charge in [-0.3, -0.25) is 0 Å². The van der Waals surface area contributed by atoms with Crippen LogP contribution in [0.2, 0.25) is 0 Å². The number of hydrogen-bond acceptors (Lipinski definition) is 3. The second-order valence-electron chi connectivity index (χ2n) is 5.37. The van der Waals surface area contributed by atoms with Crippen LogP contribution in [0.3, 0.4) is 0 Å². The maximum atomic E-state index is 13.3. The van der Waals surface area contributed by atoms with E-state index in [0.29, 0.717) is 11.1 Å². The summed E-state index contributed by atoms with van der Waals surface area (Å²) in [5.41, 5.74) is -0.336. The molecule has 0 heterocycles. The standard InChI is InChI=1S/C16H18FNO3S/c1-12-8-9-14(17)10-15(12)22(20,21)18-11-16(2,19)13-6-4-3-5-7-13/h3-10,18-19H,11H2,1-2H3. The summed E-state index contributed by atoms with van der Waals surface area (Å²) in [6.07, 6.45) is 0. The molecule has 0 amide bonds. The van der Waals surface area contributed by atoms with E-state index in [4.69, 9.17) is 0 Å². The van der Waals surface area contributed by atoms with Gasteiger partial charge in [0.05, 0.1) is 4.90 Å². The van der Waals surface area contributed by atoms with Crippen LogP contribution < -0.4 is 4.72 Å². The fraction of sp³-hybridized carbons (Fsp3) is 0.250. The molecule has 118 valence electrons. The Bertz CT molecular complexity index is 758. The molecule has 0 aliphatic heterocycles. The summed E-state index contributed by atoms with van der Waals surface area (Å²) in [5.74, 6) is -0.624. The molecule has 6 heteroatoms. The van der Waals surface area contributed by atoms with Crippen LogP contribution in [0.1, 0.15) is 18.1 Å². The van der Waals surface area contributed by atoms with Gasteiger partial charge in [0, 0.05) is 6.54 Å². The lowest BCUT2D eigenvalue weighted by Crippen LogP contribution is -2.38. The van der Waals surface area contributed by atoms with E-state index in [1.807, 2.05) is 0 Å². The molecule has 22 heavy (non-hydrogen) atoms. The highest BCUT2D eigenvalue weighted by molar-refractivity contribution is 7.89.